The maximum atomic E-state index is 12.0. The summed E-state index contributed by atoms with van der Waals surface area (Å²) in [6.07, 6.45) is 11.8. The Morgan fingerprint density at radius 2 is 1.81 bits per heavy atom. The fourth-order valence-corrected chi connectivity index (χ4v) is 8.57. The fraction of sp³-hybridized carbons (Fsp3) is 0.917. The van der Waals surface area contributed by atoms with Gasteiger partial charge in [-0.05, 0) is 97.7 Å². The lowest BCUT2D eigenvalue weighted by Gasteiger charge is -2.60. The summed E-state index contributed by atoms with van der Waals surface area (Å²) in [6, 6.07) is 0. The first kappa shape index (κ1) is 19.5. The summed E-state index contributed by atoms with van der Waals surface area (Å²) in [5.74, 6) is 4.19. The summed E-state index contributed by atoms with van der Waals surface area (Å²) in [6.45, 7) is 7.37. The van der Waals surface area contributed by atoms with Gasteiger partial charge in [0.2, 0.25) is 0 Å². The second-order valence-corrected chi connectivity index (χ2v) is 11.0. The molecule has 0 saturated heterocycles. The van der Waals surface area contributed by atoms with Gasteiger partial charge < -0.3 is 5.11 Å². The first-order valence-electron chi connectivity index (χ1n) is 11.5. The minimum absolute atomic E-state index is 0.318. The Balaban J connectivity index is 1.52. The fourth-order valence-electron chi connectivity index (χ4n) is 8.57. The van der Waals surface area contributed by atoms with Crippen molar-refractivity contribution in [2.45, 2.75) is 91.4 Å². The van der Waals surface area contributed by atoms with E-state index in [0.29, 0.717) is 40.8 Å². The van der Waals surface area contributed by atoms with E-state index in [1.54, 1.807) is 0 Å². The van der Waals surface area contributed by atoms with E-state index in [0.717, 1.165) is 43.4 Å². The van der Waals surface area contributed by atoms with Gasteiger partial charge in [0.15, 0.2) is 0 Å². The highest BCUT2D eigenvalue weighted by atomic mass is 16.4. The summed E-state index contributed by atoms with van der Waals surface area (Å²) < 4.78 is 0. The maximum Gasteiger partial charge on any atom is 0.303 e. The van der Waals surface area contributed by atoms with Gasteiger partial charge in [0, 0.05) is 19.3 Å². The number of rotatable bonds is 4. The molecule has 0 aliphatic heterocycles. The van der Waals surface area contributed by atoms with Gasteiger partial charge in [-0.2, -0.15) is 0 Å². The number of hydrogen-bond donors (Lipinski definition) is 1. The molecule has 1 N–H and O–H groups in total. The third kappa shape index (κ3) is 3.08. The van der Waals surface area contributed by atoms with E-state index in [9.17, 15) is 9.59 Å². The molecule has 27 heavy (non-hydrogen) atoms. The van der Waals surface area contributed by atoms with Gasteiger partial charge in [0.05, 0.1) is 0 Å². The number of aliphatic carboxylic acids is 1. The summed E-state index contributed by atoms with van der Waals surface area (Å²) in [5, 5.41) is 9.09. The number of Topliss-reactive ketones (excluding diaryl/α,β-unsaturated/α-hetero) is 1. The van der Waals surface area contributed by atoms with Crippen molar-refractivity contribution >= 4 is 11.8 Å². The molecule has 4 aliphatic carbocycles. The maximum absolute atomic E-state index is 12.0. The van der Waals surface area contributed by atoms with Gasteiger partial charge in [0.1, 0.15) is 5.78 Å². The predicted molar refractivity (Wildman–Crippen MR) is 106 cm³/mol. The Hall–Kier alpha value is -0.860. The van der Waals surface area contributed by atoms with Crippen molar-refractivity contribution in [1.29, 1.82) is 0 Å². The molecule has 0 amide bonds. The second kappa shape index (κ2) is 6.88. The Labute approximate surface area is 164 Å². The van der Waals surface area contributed by atoms with Crippen LogP contribution in [0.5, 0.6) is 0 Å². The van der Waals surface area contributed by atoms with E-state index in [1.807, 2.05) is 0 Å². The van der Waals surface area contributed by atoms with Crippen LogP contribution in [0.2, 0.25) is 0 Å². The molecule has 152 valence electrons. The van der Waals surface area contributed by atoms with Crippen LogP contribution < -0.4 is 0 Å². The van der Waals surface area contributed by atoms with Crippen LogP contribution in [0.25, 0.3) is 0 Å². The standard InChI is InChI=1S/C24H38O3/c1-15(4-9-22(26)27)19-7-8-20-18-6-5-16-14-17(25)10-12-23(16,2)21(18)11-13-24(19,20)3/h15-16,18-21H,4-14H2,1-3H3,(H,26,27)/t15-,16?,18-,19-,20+,21+,23+,24-/m1/s1. The average molecular weight is 375 g/mol. The van der Waals surface area contributed by atoms with Crippen molar-refractivity contribution in [1.82, 2.24) is 0 Å². The lowest BCUT2D eigenvalue weighted by Crippen LogP contribution is -2.53. The molecule has 0 aromatic heterocycles. The van der Waals surface area contributed by atoms with Crippen molar-refractivity contribution < 1.29 is 14.7 Å². The molecule has 4 saturated carbocycles. The molecule has 4 rings (SSSR count). The molecule has 1 unspecified atom stereocenters. The Kier molecular flexibility index (Phi) is 4.96. The summed E-state index contributed by atoms with van der Waals surface area (Å²) in [5.41, 5.74) is 0.804. The molecular formula is C24H38O3. The Morgan fingerprint density at radius 3 is 2.56 bits per heavy atom. The van der Waals surface area contributed by atoms with Crippen LogP contribution in [0.15, 0.2) is 0 Å². The van der Waals surface area contributed by atoms with E-state index >= 15 is 0 Å². The van der Waals surface area contributed by atoms with E-state index < -0.39 is 5.97 Å². The molecule has 0 spiro atoms. The Bertz CT molecular complexity index is 613. The normalized spacial score (nSPS) is 47.7. The van der Waals surface area contributed by atoms with Gasteiger partial charge in [-0.3, -0.25) is 9.59 Å². The molecule has 0 bridgehead atoms. The van der Waals surface area contributed by atoms with Gasteiger partial charge in [-0.1, -0.05) is 20.8 Å². The minimum Gasteiger partial charge on any atom is -0.481 e. The lowest BCUT2D eigenvalue weighted by atomic mass is 9.44. The van der Waals surface area contributed by atoms with Crippen LogP contribution in [-0.2, 0) is 9.59 Å². The van der Waals surface area contributed by atoms with Crippen molar-refractivity contribution in [2.75, 3.05) is 0 Å². The monoisotopic (exact) mass is 374 g/mol. The molecule has 4 aliphatic rings. The molecule has 0 aromatic rings. The van der Waals surface area contributed by atoms with E-state index in [1.165, 1.54) is 38.5 Å². The van der Waals surface area contributed by atoms with Gasteiger partial charge in [-0.15, -0.1) is 0 Å². The number of ketones is 1. The van der Waals surface area contributed by atoms with Crippen LogP contribution in [0, 0.1) is 46.3 Å². The summed E-state index contributed by atoms with van der Waals surface area (Å²) in [7, 11) is 0. The van der Waals surface area contributed by atoms with Gasteiger partial charge in [0.25, 0.3) is 0 Å². The van der Waals surface area contributed by atoms with Crippen LogP contribution in [-0.4, -0.2) is 16.9 Å². The third-order valence-electron chi connectivity index (χ3n) is 10.1. The molecule has 3 heteroatoms. The van der Waals surface area contributed by atoms with Crippen LogP contribution in [0.4, 0.5) is 0 Å². The molecule has 0 radical (unpaired) electrons. The van der Waals surface area contributed by atoms with Crippen LogP contribution in [0.3, 0.4) is 0 Å². The highest BCUT2D eigenvalue weighted by Crippen LogP contribution is 2.68. The molecule has 3 nitrogen and oxygen atoms in total. The van der Waals surface area contributed by atoms with E-state index in [-0.39, 0.29) is 0 Å². The highest BCUT2D eigenvalue weighted by molar-refractivity contribution is 5.79. The van der Waals surface area contributed by atoms with Crippen molar-refractivity contribution in [2.24, 2.45) is 46.3 Å². The molecule has 0 aromatic carbocycles. The number of carboxylic acids is 1. The van der Waals surface area contributed by atoms with E-state index in [4.69, 9.17) is 5.11 Å². The zero-order valence-corrected chi connectivity index (χ0v) is 17.5. The van der Waals surface area contributed by atoms with Crippen molar-refractivity contribution in [3.05, 3.63) is 0 Å². The van der Waals surface area contributed by atoms with Gasteiger partial charge >= 0.3 is 5.97 Å². The van der Waals surface area contributed by atoms with Gasteiger partial charge in [-0.25, -0.2) is 0 Å². The molecule has 4 fully saturated rings. The quantitative estimate of drug-likeness (QED) is 0.685. The first-order chi connectivity index (χ1) is 12.8. The molecule has 0 heterocycles. The molecular weight excluding hydrogens is 336 g/mol. The minimum atomic E-state index is -0.650. The molecule has 8 atom stereocenters. The SMILES string of the molecule is C[C@H](CCC(=O)O)[C@H]1CC[C@H]2[C@H]3CCC4CC(=O)CC[C@]4(C)[C@H]3CC[C@]12C. The average Bonchev–Trinajstić information content (AvgIpc) is 2.97. The van der Waals surface area contributed by atoms with Crippen molar-refractivity contribution in [3.63, 3.8) is 0 Å². The second-order valence-electron chi connectivity index (χ2n) is 11.0. The first-order valence-corrected chi connectivity index (χ1v) is 11.5. The van der Waals surface area contributed by atoms with Crippen molar-refractivity contribution in [3.8, 4) is 0 Å². The largest absolute Gasteiger partial charge is 0.481 e. The smallest absolute Gasteiger partial charge is 0.303 e. The number of carboxylic acid groups (broad SMARTS) is 1. The summed E-state index contributed by atoms with van der Waals surface area (Å²) >= 11 is 0. The lowest BCUT2D eigenvalue weighted by molar-refractivity contribution is -0.140. The zero-order valence-electron chi connectivity index (χ0n) is 17.5. The number of fused-ring (bicyclic) bond motifs is 5. The zero-order chi connectivity index (χ0) is 19.4. The number of hydrogen-bond acceptors (Lipinski definition) is 2. The predicted octanol–water partition coefficient (Wildman–Crippen LogP) is 5.72. The van der Waals surface area contributed by atoms with E-state index in [2.05, 4.69) is 20.8 Å². The topological polar surface area (TPSA) is 54.4 Å². The third-order valence-corrected chi connectivity index (χ3v) is 10.1. The number of carbonyl (C=O) groups is 2. The number of carbonyl (C=O) groups excluding carboxylic acids is 1. The van der Waals surface area contributed by atoms with Crippen LogP contribution >= 0.6 is 0 Å². The Morgan fingerprint density at radius 1 is 1.07 bits per heavy atom. The highest BCUT2D eigenvalue weighted by Gasteiger charge is 2.60. The van der Waals surface area contributed by atoms with Crippen LogP contribution in [0.1, 0.15) is 91.4 Å². The summed E-state index contributed by atoms with van der Waals surface area (Å²) in [4.78, 5) is 23.1.